The molecular weight excluding hydrogens is 326 g/mol. The van der Waals surface area contributed by atoms with Gasteiger partial charge in [-0.1, -0.05) is 49.6 Å². The van der Waals surface area contributed by atoms with Crippen molar-refractivity contribution in [1.82, 2.24) is 15.5 Å². The predicted molar refractivity (Wildman–Crippen MR) is 104 cm³/mol. The van der Waals surface area contributed by atoms with Gasteiger partial charge in [0, 0.05) is 26.2 Å². The third-order valence-corrected chi connectivity index (χ3v) is 5.82. The van der Waals surface area contributed by atoms with E-state index in [0.29, 0.717) is 19.0 Å². The number of carbonyl (C=O) groups is 1. The number of aliphatic hydroxyl groups is 1. The first-order chi connectivity index (χ1) is 12.6. The van der Waals surface area contributed by atoms with E-state index in [4.69, 9.17) is 0 Å². The summed E-state index contributed by atoms with van der Waals surface area (Å²) in [5.74, 6) is 0.654. The van der Waals surface area contributed by atoms with Crippen LogP contribution in [0.3, 0.4) is 0 Å². The highest BCUT2D eigenvalue weighted by Crippen LogP contribution is 2.27. The Morgan fingerprint density at radius 3 is 2.69 bits per heavy atom. The standard InChI is InChI=1S/C21H33N3O2/c25-20(23-17-21(26)11-5-2-6-12-21)22-13-9-19-10-14-24(16-19)15-18-7-3-1-4-8-18/h1,3-4,7-8,19,26H,2,5-6,9-17H2,(H2,22,23,25)/t19-/m0/s1. The second kappa shape index (κ2) is 9.38. The molecule has 3 rings (SSSR count). The highest BCUT2D eigenvalue weighted by Gasteiger charge is 2.29. The fourth-order valence-corrected chi connectivity index (χ4v) is 4.22. The first kappa shape index (κ1) is 19.2. The molecule has 2 fully saturated rings. The highest BCUT2D eigenvalue weighted by atomic mass is 16.3. The van der Waals surface area contributed by atoms with Crippen molar-refractivity contribution >= 4 is 6.03 Å². The zero-order valence-corrected chi connectivity index (χ0v) is 15.8. The second-order valence-corrected chi connectivity index (χ2v) is 8.06. The van der Waals surface area contributed by atoms with E-state index in [1.807, 2.05) is 0 Å². The van der Waals surface area contributed by atoms with Gasteiger partial charge in [-0.05, 0) is 43.7 Å². The summed E-state index contributed by atoms with van der Waals surface area (Å²) in [4.78, 5) is 14.5. The molecule has 5 heteroatoms. The largest absolute Gasteiger partial charge is 0.388 e. The first-order valence-corrected chi connectivity index (χ1v) is 10.1. The molecule has 1 heterocycles. The van der Waals surface area contributed by atoms with E-state index in [9.17, 15) is 9.90 Å². The summed E-state index contributed by atoms with van der Waals surface area (Å²) in [7, 11) is 0. The Balaban J connectivity index is 1.28. The lowest BCUT2D eigenvalue weighted by Gasteiger charge is -2.32. The van der Waals surface area contributed by atoms with Crippen LogP contribution in [0.5, 0.6) is 0 Å². The van der Waals surface area contributed by atoms with E-state index in [0.717, 1.165) is 51.7 Å². The number of benzene rings is 1. The summed E-state index contributed by atoms with van der Waals surface area (Å²) in [6.45, 7) is 4.34. The second-order valence-electron chi connectivity index (χ2n) is 8.06. The van der Waals surface area contributed by atoms with Crippen LogP contribution in [0.15, 0.2) is 30.3 Å². The van der Waals surface area contributed by atoms with Crippen molar-refractivity contribution < 1.29 is 9.90 Å². The molecule has 1 atom stereocenters. The average Bonchev–Trinajstić information content (AvgIpc) is 3.09. The summed E-state index contributed by atoms with van der Waals surface area (Å²) in [6.07, 6.45) is 7.12. The van der Waals surface area contributed by atoms with Gasteiger partial charge in [0.2, 0.25) is 0 Å². The van der Waals surface area contributed by atoms with Gasteiger partial charge in [-0.2, -0.15) is 0 Å². The van der Waals surface area contributed by atoms with Crippen LogP contribution in [-0.2, 0) is 6.54 Å². The van der Waals surface area contributed by atoms with Crippen molar-refractivity contribution in [2.45, 2.75) is 57.1 Å². The van der Waals surface area contributed by atoms with Gasteiger partial charge in [-0.15, -0.1) is 0 Å². The first-order valence-electron chi connectivity index (χ1n) is 10.1. The van der Waals surface area contributed by atoms with E-state index >= 15 is 0 Å². The van der Waals surface area contributed by atoms with E-state index in [1.165, 1.54) is 18.4 Å². The van der Waals surface area contributed by atoms with Crippen LogP contribution in [0.2, 0.25) is 0 Å². The monoisotopic (exact) mass is 359 g/mol. The molecule has 144 valence electrons. The Morgan fingerprint density at radius 2 is 1.92 bits per heavy atom. The summed E-state index contributed by atoms with van der Waals surface area (Å²) in [5.41, 5.74) is 0.671. The molecule has 1 aliphatic carbocycles. The highest BCUT2D eigenvalue weighted by molar-refractivity contribution is 5.73. The average molecular weight is 360 g/mol. The molecule has 0 aromatic heterocycles. The SMILES string of the molecule is O=C(NCC[C@H]1CCN(Cc2ccccc2)C1)NCC1(O)CCCCC1. The molecule has 0 bridgehead atoms. The van der Waals surface area contributed by atoms with E-state index < -0.39 is 5.60 Å². The number of hydrogen-bond donors (Lipinski definition) is 3. The minimum atomic E-state index is -0.695. The molecule has 5 nitrogen and oxygen atoms in total. The smallest absolute Gasteiger partial charge is 0.314 e. The molecular formula is C21H33N3O2. The summed E-state index contributed by atoms with van der Waals surface area (Å²) in [6, 6.07) is 10.5. The number of hydrogen-bond acceptors (Lipinski definition) is 3. The molecule has 26 heavy (non-hydrogen) atoms. The third-order valence-electron chi connectivity index (χ3n) is 5.82. The molecule has 1 aliphatic heterocycles. The molecule has 1 saturated heterocycles. The van der Waals surface area contributed by atoms with Crippen molar-refractivity contribution in [2.24, 2.45) is 5.92 Å². The van der Waals surface area contributed by atoms with Gasteiger partial charge >= 0.3 is 6.03 Å². The van der Waals surface area contributed by atoms with Gasteiger partial charge in [0.15, 0.2) is 0 Å². The van der Waals surface area contributed by atoms with Crippen molar-refractivity contribution in [3.63, 3.8) is 0 Å². The minimum absolute atomic E-state index is 0.150. The Hall–Kier alpha value is -1.59. The van der Waals surface area contributed by atoms with Gasteiger partial charge in [0.1, 0.15) is 0 Å². The van der Waals surface area contributed by atoms with Crippen molar-refractivity contribution in [3.8, 4) is 0 Å². The summed E-state index contributed by atoms with van der Waals surface area (Å²) < 4.78 is 0. The molecule has 2 aliphatic rings. The molecule has 1 aromatic rings. The Kier molecular flexibility index (Phi) is 6.92. The van der Waals surface area contributed by atoms with Gasteiger partial charge in [0.25, 0.3) is 0 Å². The zero-order valence-electron chi connectivity index (χ0n) is 15.8. The van der Waals surface area contributed by atoms with Gasteiger partial charge in [-0.3, -0.25) is 4.90 Å². The van der Waals surface area contributed by atoms with E-state index in [-0.39, 0.29) is 6.03 Å². The van der Waals surface area contributed by atoms with Crippen LogP contribution < -0.4 is 10.6 Å². The Morgan fingerprint density at radius 1 is 1.15 bits per heavy atom. The number of nitrogens with zero attached hydrogens (tertiary/aromatic N) is 1. The molecule has 0 radical (unpaired) electrons. The van der Waals surface area contributed by atoms with Crippen LogP contribution in [0.25, 0.3) is 0 Å². The Bertz CT molecular complexity index is 558. The van der Waals surface area contributed by atoms with E-state index in [2.05, 4.69) is 45.9 Å². The predicted octanol–water partition coefficient (Wildman–Crippen LogP) is 2.89. The molecule has 0 spiro atoms. The third kappa shape index (κ3) is 5.99. The van der Waals surface area contributed by atoms with Crippen LogP contribution in [0, 0.1) is 5.92 Å². The quantitative estimate of drug-likeness (QED) is 0.701. The van der Waals surface area contributed by atoms with Crippen LogP contribution in [0.4, 0.5) is 4.79 Å². The summed E-state index contributed by atoms with van der Waals surface area (Å²) >= 11 is 0. The molecule has 2 amide bonds. The number of rotatable bonds is 7. The Labute approximate surface area is 157 Å². The zero-order chi connectivity index (χ0) is 18.2. The molecule has 1 aromatic carbocycles. The maximum atomic E-state index is 12.0. The topological polar surface area (TPSA) is 64.6 Å². The fraction of sp³-hybridized carbons (Fsp3) is 0.667. The van der Waals surface area contributed by atoms with Crippen LogP contribution >= 0.6 is 0 Å². The lowest BCUT2D eigenvalue weighted by molar-refractivity contribution is 0.00719. The van der Waals surface area contributed by atoms with Crippen molar-refractivity contribution in [2.75, 3.05) is 26.2 Å². The van der Waals surface area contributed by atoms with Crippen molar-refractivity contribution in [3.05, 3.63) is 35.9 Å². The van der Waals surface area contributed by atoms with Gasteiger partial charge in [0.05, 0.1) is 5.60 Å². The normalized spacial score (nSPS) is 22.9. The number of likely N-dealkylation sites (tertiary alicyclic amines) is 1. The number of nitrogens with one attached hydrogen (secondary N) is 2. The van der Waals surface area contributed by atoms with E-state index in [1.54, 1.807) is 0 Å². The molecule has 3 N–H and O–H groups in total. The van der Waals surface area contributed by atoms with Crippen molar-refractivity contribution in [1.29, 1.82) is 0 Å². The minimum Gasteiger partial charge on any atom is -0.388 e. The van der Waals surface area contributed by atoms with Crippen LogP contribution in [-0.4, -0.2) is 47.8 Å². The maximum absolute atomic E-state index is 12.0. The number of urea groups is 1. The lowest BCUT2D eigenvalue weighted by Crippen LogP contribution is -2.47. The maximum Gasteiger partial charge on any atom is 0.314 e. The fourth-order valence-electron chi connectivity index (χ4n) is 4.22. The van der Waals surface area contributed by atoms with Gasteiger partial charge in [-0.25, -0.2) is 4.79 Å². The van der Waals surface area contributed by atoms with Gasteiger partial charge < -0.3 is 15.7 Å². The van der Waals surface area contributed by atoms with Crippen LogP contribution in [0.1, 0.15) is 50.5 Å². The summed E-state index contributed by atoms with van der Waals surface area (Å²) in [5, 5.41) is 16.2. The number of carbonyl (C=O) groups excluding carboxylic acids is 1. The molecule has 1 saturated carbocycles. The molecule has 0 unspecified atom stereocenters. The lowest BCUT2D eigenvalue weighted by atomic mass is 9.85. The number of amides is 2.